The SMILES string of the molecule is COc1cccc(C(C)NC(=O)Nc2ccc(S(=O)Cc3ccc4c(c3)CN(C)C4)cc2)c1.[HH].[HH]. The van der Waals surface area contributed by atoms with Gasteiger partial charge in [-0.1, -0.05) is 30.3 Å². The van der Waals surface area contributed by atoms with Crippen LogP contribution in [0.3, 0.4) is 0 Å². The lowest BCUT2D eigenvalue weighted by molar-refractivity contribution is 0.249. The highest BCUT2D eigenvalue weighted by atomic mass is 32.2. The van der Waals surface area contributed by atoms with Crippen LogP contribution in [0.4, 0.5) is 10.5 Å². The van der Waals surface area contributed by atoms with Crippen molar-refractivity contribution in [3.8, 4) is 5.75 Å². The molecule has 2 atom stereocenters. The van der Waals surface area contributed by atoms with Crippen LogP contribution in [0, 0.1) is 0 Å². The summed E-state index contributed by atoms with van der Waals surface area (Å²) in [6, 6.07) is 20.7. The molecule has 3 aromatic rings. The molecule has 33 heavy (non-hydrogen) atoms. The summed E-state index contributed by atoms with van der Waals surface area (Å²) in [5.41, 5.74) is 5.35. The number of nitrogens with zero attached hydrogens (tertiary/aromatic N) is 1. The Labute approximate surface area is 200 Å². The van der Waals surface area contributed by atoms with Crippen molar-refractivity contribution in [3.05, 3.63) is 89.0 Å². The average molecular weight is 468 g/mol. The molecule has 0 aliphatic carbocycles. The third-order valence-electron chi connectivity index (χ3n) is 5.77. The first-order valence-electron chi connectivity index (χ1n) is 10.9. The van der Waals surface area contributed by atoms with Crippen LogP contribution in [0.25, 0.3) is 0 Å². The fraction of sp³-hybridized carbons (Fsp3) is 0.269. The van der Waals surface area contributed by atoms with Crippen LogP contribution in [0.5, 0.6) is 5.75 Å². The highest BCUT2D eigenvalue weighted by molar-refractivity contribution is 7.84. The Morgan fingerprint density at radius 3 is 2.61 bits per heavy atom. The van der Waals surface area contributed by atoms with E-state index in [4.69, 9.17) is 4.74 Å². The molecule has 2 unspecified atom stereocenters. The highest BCUT2D eigenvalue weighted by Crippen LogP contribution is 2.24. The van der Waals surface area contributed by atoms with Crippen LogP contribution in [0.2, 0.25) is 0 Å². The minimum atomic E-state index is -1.15. The van der Waals surface area contributed by atoms with Gasteiger partial charge in [0.05, 0.1) is 29.7 Å². The monoisotopic (exact) mass is 467 g/mol. The van der Waals surface area contributed by atoms with Crippen molar-refractivity contribution >= 4 is 22.5 Å². The molecule has 0 fully saturated rings. The van der Waals surface area contributed by atoms with E-state index in [0.717, 1.165) is 34.9 Å². The zero-order valence-electron chi connectivity index (χ0n) is 19.1. The molecule has 0 bridgehead atoms. The predicted molar refractivity (Wildman–Crippen MR) is 136 cm³/mol. The number of carbonyl (C=O) groups is 1. The number of carbonyl (C=O) groups excluding carboxylic acids is 1. The minimum Gasteiger partial charge on any atom is -0.497 e. The Morgan fingerprint density at radius 1 is 1.09 bits per heavy atom. The lowest BCUT2D eigenvalue weighted by Gasteiger charge is -2.16. The lowest BCUT2D eigenvalue weighted by atomic mass is 10.1. The third kappa shape index (κ3) is 5.80. The largest absolute Gasteiger partial charge is 0.497 e. The summed E-state index contributed by atoms with van der Waals surface area (Å²) in [5.74, 6) is 1.22. The summed E-state index contributed by atoms with van der Waals surface area (Å²) in [6.45, 7) is 3.82. The topological polar surface area (TPSA) is 70.7 Å². The van der Waals surface area contributed by atoms with Crippen LogP contribution in [-0.2, 0) is 29.6 Å². The average Bonchev–Trinajstić information content (AvgIpc) is 3.18. The molecule has 0 spiro atoms. The number of hydrogen-bond acceptors (Lipinski definition) is 4. The molecule has 0 saturated heterocycles. The maximum atomic E-state index is 12.9. The van der Waals surface area contributed by atoms with E-state index in [9.17, 15) is 9.00 Å². The predicted octanol–water partition coefficient (Wildman–Crippen LogP) is 5.32. The molecule has 6 nitrogen and oxygen atoms in total. The van der Waals surface area contributed by atoms with Gasteiger partial charge in [0.1, 0.15) is 5.75 Å². The van der Waals surface area contributed by atoms with Crippen molar-refractivity contribution < 1.29 is 16.6 Å². The van der Waals surface area contributed by atoms with Crippen molar-refractivity contribution in [1.82, 2.24) is 10.2 Å². The van der Waals surface area contributed by atoms with Crippen molar-refractivity contribution in [1.29, 1.82) is 0 Å². The van der Waals surface area contributed by atoms with Gasteiger partial charge in [0.15, 0.2) is 0 Å². The molecule has 0 radical (unpaired) electrons. The van der Waals surface area contributed by atoms with Crippen molar-refractivity contribution in [2.45, 2.75) is 36.7 Å². The maximum absolute atomic E-state index is 12.9. The minimum absolute atomic E-state index is 0. The second kappa shape index (κ2) is 10.2. The highest BCUT2D eigenvalue weighted by Gasteiger charge is 2.16. The van der Waals surface area contributed by atoms with E-state index in [2.05, 4.69) is 40.8 Å². The molecule has 1 aliphatic heterocycles. The first kappa shape index (κ1) is 23.0. The molecule has 176 valence electrons. The van der Waals surface area contributed by atoms with Gasteiger partial charge in [-0.05, 0) is 72.6 Å². The molecule has 2 N–H and O–H groups in total. The van der Waals surface area contributed by atoms with Gasteiger partial charge in [0, 0.05) is 26.5 Å². The van der Waals surface area contributed by atoms with Gasteiger partial charge in [-0.25, -0.2) is 4.79 Å². The smallest absolute Gasteiger partial charge is 0.319 e. The number of benzene rings is 3. The Morgan fingerprint density at radius 2 is 1.85 bits per heavy atom. The number of hydrogen-bond donors (Lipinski definition) is 2. The van der Waals surface area contributed by atoms with Crippen LogP contribution in [0.1, 0.15) is 38.1 Å². The van der Waals surface area contributed by atoms with Crippen LogP contribution in [0.15, 0.2) is 71.6 Å². The summed E-state index contributed by atoms with van der Waals surface area (Å²) >= 11 is 0. The maximum Gasteiger partial charge on any atom is 0.319 e. The fourth-order valence-corrected chi connectivity index (χ4v) is 5.08. The van der Waals surface area contributed by atoms with E-state index < -0.39 is 10.8 Å². The number of urea groups is 1. The summed E-state index contributed by atoms with van der Waals surface area (Å²) in [6.07, 6.45) is 0. The van der Waals surface area contributed by atoms with Crippen molar-refractivity contribution in [2.24, 2.45) is 0 Å². The van der Waals surface area contributed by atoms with E-state index >= 15 is 0 Å². The zero-order valence-corrected chi connectivity index (χ0v) is 19.9. The molecular weight excluding hydrogens is 434 g/mol. The number of anilines is 1. The summed E-state index contributed by atoms with van der Waals surface area (Å²) in [4.78, 5) is 15.4. The van der Waals surface area contributed by atoms with Crippen molar-refractivity contribution in [3.63, 3.8) is 0 Å². The van der Waals surface area contributed by atoms with Crippen molar-refractivity contribution in [2.75, 3.05) is 19.5 Å². The molecule has 0 aromatic heterocycles. The van der Waals surface area contributed by atoms with E-state index in [1.54, 1.807) is 31.4 Å². The molecule has 2 amide bonds. The van der Waals surface area contributed by atoms with Gasteiger partial charge in [0.2, 0.25) is 0 Å². The van der Waals surface area contributed by atoms with E-state index in [-0.39, 0.29) is 14.9 Å². The number of ether oxygens (including phenoxy) is 1. The molecule has 3 aromatic carbocycles. The Bertz CT molecular complexity index is 1170. The van der Waals surface area contributed by atoms with Crippen LogP contribution in [-0.4, -0.2) is 29.3 Å². The normalized spacial score (nSPS) is 14.9. The Hall–Kier alpha value is -3.16. The first-order valence-corrected chi connectivity index (χ1v) is 12.2. The number of nitrogens with one attached hydrogen (secondary N) is 2. The first-order chi connectivity index (χ1) is 15.9. The van der Waals surface area contributed by atoms with Crippen LogP contribution >= 0.6 is 0 Å². The molecule has 0 saturated carbocycles. The quantitative estimate of drug-likeness (QED) is 0.493. The van der Waals surface area contributed by atoms with E-state index in [1.165, 1.54) is 11.1 Å². The van der Waals surface area contributed by atoms with Gasteiger partial charge in [-0.2, -0.15) is 0 Å². The standard InChI is InChI=1S/C26H29N3O3S.2H2/c1-18(20-5-4-6-24(14-20)32-3)27-26(30)28-23-9-11-25(12-10-23)33(31)17-19-7-8-21-15-29(2)16-22(21)13-19;;/h4-14,18H,15-17H2,1-3H3,(H2,27,28,30);2*1H. The number of amides is 2. The van der Waals surface area contributed by atoms with Gasteiger partial charge in [-0.3, -0.25) is 9.11 Å². The third-order valence-corrected chi connectivity index (χ3v) is 7.16. The fourth-order valence-electron chi connectivity index (χ4n) is 3.99. The second-order valence-corrected chi connectivity index (χ2v) is 9.84. The number of rotatable bonds is 7. The molecule has 1 heterocycles. The van der Waals surface area contributed by atoms with Gasteiger partial charge in [0.25, 0.3) is 0 Å². The molecule has 7 heteroatoms. The zero-order chi connectivity index (χ0) is 23.4. The van der Waals surface area contributed by atoms with Gasteiger partial charge in [-0.15, -0.1) is 0 Å². The molecule has 1 aliphatic rings. The second-order valence-electron chi connectivity index (χ2n) is 8.39. The van der Waals surface area contributed by atoms with Gasteiger partial charge < -0.3 is 15.4 Å². The van der Waals surface area contributed by atoms with Gasteiger partial charge >= 0.3 is 6.03 Å². The summed E-state index contributed by atoms with van der Waals surface area (Å²) < 4.78 is 18.1. The summed E-state index contributed by atoms with van der Waals surface area (Å²) in [7, 11) is 2.57. The van der Waals surface area contributed by atoms with E-state index in [1.807, 2.05) is 31.2 Å². The summed E-state index contributed by atoms with van der Waals surface area (Å²) in [5, 5.41) is 5.76. The lowest BCUT2D eigenvalue weighted by Crippen LogP contribution is -2.31. The molecule has 4 rings (SSSR count). The Balaban J connectivity index is 0.00000216. The molecular formula is C26H33N3O3S. The van der Waals surface area contributed by atoms with E-state index in [0.29, 0.717) is 11.4 Å². The number of methoxy groups -OCH3 is 1. The Kier molecular flexibility index (Phi) is 7.11. The number of fused-ring (bicyclic) bond motifs is 1. The van der Waals surface area contributed by atoms with Crippen LogP contribution < -0.4 is 15.4 Å².